The van der Waals surface area contributed by atoms with E-state index in [1.54, 1.807) is 0 Å². The maximum atomic E-state index is 3.77. The Bertz CT molecular complexity index is 189. The molecular formula is C17H38N2. The molecule has 0 amide bonds. The molecular weight excluding hydrogens is 232 g/mol. The number of nitrogens with one attached hydrogen (secondary N) is 1. The Balaban J connectivity index is 3.74. The first-order chi connectivity index (χ1) is 8.82. The van der Waals surface area contributed by atoms with Gasteiger partial charge in [0.25, 0.3) is 0 Å². The van der Waals surface area contributed by atoms with Crippen molar-refractivity contribution in [3.8, 4) is 0 Å². The van der Waals surface area contributed by atoms with Crippen LogP contribution < -0.4 is 5.32 Å². The van der Waals surface area contributed by atoms with E-state index in [-0.39, 0.29) is 0 Å². The molecule has 0 aromatic carbocycles. The van der Waals surface area contributed by atoms with Crippen LogP contribution in [0.1, 0.15) is 67.2 Å². The zero-order chi connectivity index (χ0) is 14.8. The second-order valence-electron chi connectivity index (χ2n) is 7.19. The lowest BCUT2D eigenvalue weighted by Gasteiger charge is -2.23. The van der Waals surface area contributed by atoms with Crippen molar-refractivity contribution >= 4 is 0 Å². The van der Waals surface area contributed by atoms with Crippen LogP contribution in [0.3, 0.4) is 0 Å². The van der Waals surface area contributed by atoms with Gasteiger partial charge in [-0.15, -0.1) is 0 Å². The summed E-state index contributed by atoms with van der Waals surface area (Å²) in [4.78, 5) is 2.43. The highest BCUT2D eigenvalue weighted by atomic mass is 15.1. The third kappa shape index (κ3) is 11.4. The summed E-state index contributed by atoms with van der Waals surface area (Å²) < 4.78 is 0. The molecule has 116 valence electrons. The second kappa shape index (κ2) is 10.7. The van der Waals surface area contributed by atoms with Gasteiger partial charge in [0.05, 0.1) is 0 Å². The van der Waals surface area contributed by atoms with Crippen molar-refractivity contribution in [1.29, 1.82) is 0 Å². The molecule has 0 atom stereocenters. The number of nitrogens with zero attached hydrogens (tertiary/aromatic N) is 1. The maximum Gasteiger partial charge on any atom is 0.00719 e. The van der Waals surface area contributed by atoms with E-state index in [0.717, 1.165) is 11.8 Å². The van der Waals surface area contributed by atoms with Crippen LogP contribution in [0.25, 0.3) is 0 Å². The van der Waals surface area contributed by atoms with Gasteiger partial charge in [0.2, 0.25) is 0 Å². The summed E-state index contributed by atoms with van der Waals surface area (Å²) in [6, 6.07) is 1.38. The van der Waals surface area contributed by atoms with Crippen molar-refractivity contribution in [3.63, 3.8) is 0 Å². The van der Waals surface area contributed by atoms with Crippen LogP contribution in [0.5, 0.6) is 0 Å². The number of rotatable bonds is 11. The molecule has 0 aliphatic rings. The maximum absolute atomic E-state index is 3.77. The number of hydrogen-bond donors (Lipinski definition) is 1. The zero-order valence-electron chi connectivity index (χ0n) is 14.5. The molecule has 0 aliphatic heterocycles. The van der Waals surface area contributed by atoms with Gasteiger partial charge in [-0.3, -0.25) is 0 Å². The minimum atomic E-state index is 0.669. The molecule has 0 unspecified atom stereocenters. The average molecular weight is 271 g/mol. The van der Waals surface area contributed by atoms with Gasteiger partial charge >= 0.3 is 0 Å². The summed E-state index contributed by atoms with van der Waals surface area (Å²) in [7, 11) is 2.22. The SMILES string of the molecule is CC(C)CC(CC(C)C)NCCCCN(C)C(C)C. The van der Waals surface area contributed by atoms with Crippen LogP contribution in [0.15, 0.2) is 0 Å². The number of unbranched alkanes of at least 4 members (excludes halogenated alkanes) is 1. The minimum absolute atomic E-state index is 0.669. The van der Waals surface area contributed by atoms with Crippen LogP contribution in [0, 0.1) is 11.8 Å². The van der Waals surface area contributed by atoms with Crippen molar-refractivity contribution in [2.24, 2.45) is 11.8 Å². The highest BCUT2D eigenvalue weighted by Crippen LogP contribution is 2.13. The molecule has 1 N–H and O–H groups in total. The van der Waals surface area contributed by atoms with Gasteiger partial charge in [-0.1, -0.05) is 27.7 Å². The third-order valence-electron chi connectivity index (χ3n) is 3.76. The lowest BCUT2D eigenvalue weighted by Crippen LogP contribution is -2.33. The van der Waals surface area contributed by atoms with Crippen LogP contribution in [-0.4, -0.2) is 37.1 Å². The highest BCUT2D eigenvalue weighted by Gasteiger charge is 2.12. The van der Waals surface area contributed by atoms with Crippen molar-refractivity contribution in [1.82, 2.24) is 10.2 Å². The summed E-state index contributed by atoms with van der Waals surface area (Å²) in [5.41, 5.74) is 0. The minimum Gasteiger partial charge on any atom is -0.314 e. The monoisotopic (exact) mass is 270 g/mol. The van der Waals surface area contributed by atoms with Crippen LogP contribution >= 0.6 is 0 Å². The molecule has 2 heteroatoms. The predicted molar refractivity (Wildman–Crippen MR) is 87.7 cm³/mol. The summed E-state index contributed by atoms with van der Waals surface area (Å²) in [5, 5.41) is 3.77. The molecule has 19 heavy (non-hydrogen) atoms. The van der Waals surface area contributed by atoms with Crippen LogP contribution in [-0.2, 0) is 0 Å². The molecule has 0 aromatic rings. The Kier molecular flexibility index (Phi) is 10.6. The van der Waals surface area contributed by atoms with Gasteiger partial charge in [0, 0.05) is 12.1 Å². The fourth-order valence-electron chi connectivity index (χ4n) is 2.45. The molecule has 0 heterocycles. The molecule has 0 spiro atoms. The molecule has 0 saturated carbocycles. The summed E-state index contributed by atoms with van der Waals surface area (Å²) in [6.45, 7) is 16.2. The first-order valence-electron chi connectivity index (χ1n) is 8.26. The van der Waals surface area contributed by atoms with Crippen molar-refractivity contribution < 1.29 is 0 Å². The topological polar surface area (TPSA) is 15.3 Å². The zero-order valence-corrected chi connectivity index (χ0v) is 14.5. The Labute approximate surface area is 122 Å². The Morgan fingerprint density at radius 2 is 1.37 bits per heavy atom. The summed E-state index contributed by atoms with van der Waals surface area (Å²) >= 11 is 0. The van der Waals surface area contributed by atoms with E-state index in [9.17, 15) is 0 Å². The molecule has 0 aromatic heterocycles. The second-order valence-corrected chi connectivity index (χ2v) is 7.19. The van der Waals surface area contributed by atoms with Gasteiger partial charge in [0.1, 0.15) is 0 Å². The van der Waals surface area contributed by atoms with Gasteiger partial charge in [0.15, 0.2) is 0 Å². The summed E-state index contributed by atoms with van der Waals surface area (Å²) in [6.07, 6.45) is 5.22. The van der Waals surface area contributed by atoms with Crippen molar-refractivity contribution in [2.45, 2.75) is 79.3 Å². The smallest absolute Gasteiger partial charge is 0.00719 e. The van der Waals surface area contributed by atoms with E-state index in [1.807, 2.05) is 0 Å². The molecule has 0 rings (SSSR count). The van der Waals surface area contributed by atoms with Crippen LogP contribution in [0.2, 0.25) is 0 Å². The molecule has 0 bridgehead atoms. The lowest BCUT2D eigenvalue weighted by atomic mass is 9.95. The summed E-state index contributed by atoms with van der Waals surface area (Å²) in [5.74, 6) is 1.59. The first kappa shape index (κ1) is 18.9. The van der Waals surface area contributed by atoms with Gasteiger partial charge in [-0.2, -0.15) is 0 Å². The average Bonchev–Trinajstić information content (AvgIpc) is 2.26. The lowest BCUT2D eigenvalue weighted by molar-refractivity contribution is 0.266. The first-order valence-corrected chi connectivity index (χ1v) is 8.26. The highest BCUT2D eigenvalue weighted by molar-refractivity contribution is 4.70. The van der Waals surface area contributed by atoms with E-state index < -0.39 is 0 Å². The molecule has 0 radical (unpaired) electrons. The van der Waals surface area contributed by atoms with E-state index >= 15 is 0 Å². The fraction of sp³-hybridized carbons (Fsp3) is 1.00. The predicted octanol–water partition coefficient (Wildman–Crippen LogP) is 4.16. The van der Waals surface area contributed by atoms with Gasteiger partial charge < -0.3 is 10.2 Å². The Morgan fingerprint density at radius 1 is 0.842 bits per heavy atom. The molecule has 0 saturated heterocycles. The number of hydrogen-bond acceptors (Lipinski definition) is 2. The normalized spacial score (nSPS) is 12.6. The molecule has 0 fully saturated rings. The van der Waals surface area contributed by atoms with Crippen molar-refractivity contribution in [3.05, 3.63) is 0 Å². The standard InChI is InChI=1S/C17H38N2/c1-14(2)12-17(13-15(3)4)18-10-8-9-11-19(7)16(5)6/h14-18H,8-13H2,1-7H3. The third-order valence-corrected chi connectivity index (χ3v) is 3.76. The van der Waals surface area contributed by atoms with Crippen molar-refractivity contribution in [2.75, 3.05) is 20.1 Å². The van der Waals surface area contributed by atoms with E-state index in [4.69, 9.17) is 0 Å². The fourth-order valence-corrected chi connectivity index (χ4v) is 2.45. The Morgan fingerprint density at radius 3 is 1.79 bits per heavy atom. The largest absolute Gasteiger partial charge is 0.314 e. The van der Waals surface area contributed by atoms with Gasteiger partial charge in [-0.25, -0.2) is 0 Å². The molecule has 0 aliphatic carbocycles. The van der Waals surface area contributed by atoms with E-state index in [2.05, 4.69) is 58.8 Å². The molecule has 2 nitrogen and oxygen atoms in total. The van der Waals surface area contributed by atoms with Crippen LogP contribution in [0.4, 0.5) is 0 Å². The van der Waals surface area contributed by atoms with E-state index in [1.165, 1.54) is 38.8 Å². The Hall–Kier alpha value is -0.0800. The van der Waals surface area contributed by atoms with Gasteiger partial charge in [-0.05, 0) is 71.5 Å². The quantitative estimate of drug-likeness (QED) is 0.567. The van der Waals surface area contributed by atoms with E-state index in [0.29, 0.717) is 12.1 Å².